The van der Waals surface area contributed by atoms with Gasteiger partial charge < -0.3 is 4.43 Å². The Balaban J connectivity index is 2.31. The first-order valence-corrected chi connectivity index (χ1v) is 12.7. The van der Waals surface area contributed by atoms with E-state index in [4.69, 9.17) is 9.41 Å². The van der Waals surface area contributed by atoms with Crippen molar-refractivity contribution in [3.8, 4) is 0 Å². The molecule has 1 aromatic rings. The summed E-state index contributed by atoms with van der Waals surface area (Å²) >= 11 is 0. The van der Waals surface area contributed by atoms with Crippen LogP contribution in [0, 0.1) is 0 Å². The summed E-state index contributed by atoms with van der Waals surface area (Å²) in [6.07, 6.45) is 9.22. The van der Waals surface area contributed by atoms with Crippen molar-refractivity contribution >= 4 is 14.7 Å². The summed E-state index contributed by atoms with van der Waals surface area (Å²) in [4.78, 5) is 15.7. The second-order valence-corrected chi connectivity index (χ2v) is 13.8. The third kappa shape index (κ3) is 4.93. The highest BCUT2D eigenvalue weighted by atomic mass is 28.4. The Labute approximate surface area is 159 Å². The molecular formula is C20H35N3O2Si. The lowest BCUT2D eigenvalue weighted by Crippen LogP contribution is -2.50. The third-order valence-electron chi connectivity index (χ3n) is 6.07. The minimum Gasteiger partial charge on any atom is -0.412 e. The molecule has 0 radical (unpaired) electrons. The van der Waals surface area contributed by atoms with Crippen molar-refractivity contribution in [2.75, 3.05) is 0 Å². The van der Waals surface area contributed by atoms with Crippen molar-refractivity contribution in [3.05, 3.63) is 29.6 Å². The number of nitrogens with one attached hydrogen (secondary N) is 2. The molecule has 2 N–H and O–H groups in total. The van der Waals surface area contributed by atoms with Crippen molar-refractivity contribution in [2.45, 2.75) is 89.6 Å². The lowest BCUT2D eigenvalue weighted by molar-refractivity contribution is -0.111. The van der Waals surface area contributed by atoms with Gasteiger partial charge >= 0.3 is 0 Å². The molecule has 0 unspecified atom stereocenters. The van der Waals surface area contributed by atoms with Gasteiger partial charge in [-0.25, -0.2) is 5.43 Å². The van der Waals surface area contributed by atoms with Crippen LogP contribution in [0.5, 0.6) is 0 Å². The van der Waals surface area contributed by atoms with Crippen molar-refractivity contribution in [1.82, 2.24) is 15.8 Å². The molecule has 6 heteroatoms. The summed E-state index contributed by atoms with van der Waals surface area (Å²) in [7, 11) is -1.84. The topological polar surface area (TPSA) is 63.2 Å². The first-order chi connectivity index (χ1) is 12.2. The lowest BCUT2D eigenvalue weighted by atomic mass is 9.84. The summed E-state index contributed by atoms with van der Waals surface area (Å²) in [6.45, 7) is 11.9. The highest BCUT2D eigenvalue weighted by Gasteiger charge is 2.39. The van der Waals surface area contributed by atoms with Crippen molar-refractivity contribution in [2.24, 2.45) is 0 Å². The van der Waals surface area contributed by atoms with Gasteiger partial charge in [0, 0.05) is 6.20 Å². The fourth-order valence-corrected chi connectivity index (χ4v) is 4.33. The quantitative estimate of drug-likeness (QED) is 0.320. The Morgan fingerprint density at radius 3 is 2.46 bits per heavy atom. The average Bonchev–Trinajstić information content (AvgIpc) is 2.84. The largest absolute Gasteiger partial charge is 0.412 e. The van der Waals surface area contributed by atoms with E-state index in [0.717, 1.165) is 36.9 Å². The maximum absolute atomic E-state index is 10.9. The van der Waals surface area contributed by atoms with Crippen molar-refractivity contribution < 1.29 is 9.22 Å². The molecule has 1 aliphatic carbocycles. The number of aromatic nitrogens is 1. The molecule has 0 aromatic carbocycles. The van der Waals surface area contributed by atoms with Gasteiger partial charge in [-0.3, -0.25) is 15.2 Å². The zero-order valence-corrected chi connectivity index (χ0v) is 18.0. The normalized spacial score (nSPS) is 18.2. The Morgan fingerprint density at radius 1 is 1.23 bits per heavy atom. The monoisotopic (exact) mass is 377 g/mol. The predicted molar refractivity (Wildman–Crippen MR) is 108 cm³/mol. The zero-order chi connectivity index (χ0) is 19.3. The molecule has 0 atom stereocenters. The van der Waals surface area contributed by atoms with Gasteiger partial charge in [0.05, 0.1) is 17.8 Å². The Bertz CT molecular complexity index is 591. The van der Waals surface area contributed by atoms with Crippen molar-refractivity contribution in [1.29, 1.82) is 0 Å². The maximum Gasteiger partial charge on any atom is 0.221 e. The second-order valence-electron chi connectivity index (χ2n) is 8.94. The molecule has 0 bridgehead atoms. The Hall–Kier alpha value is -1.24. The van der Waals surface area contributed by atoms with E-state index in [2.05, 4.69) is 50.8 Å². The van der Waals surface area contributed by atoms with E-state index in [1.165, 1.54) is 12.8 Å². The van der Waals surface area contributed by atoms with Gasteiger partial charge in [-0.15, -0.1) is 0 Å². The van der Waals surface area contributed by atoms with Crippen LogP contribution in [-0.4, -0.2) is 19.7 Å². The van der Waals surface area contributed by atoms with Gasteiger partial charge in [0.25, 0.3) is 0 Å². The van der Waals surface area contributed by atoms with Gasteiger partial charge in [-0.05, 0) is 42.6 Å². The number of rotatable bonds is 7. The number of carbonyl (C=O) groups is 1. The maximum atomic E-state index is 10.9. The van der Waals surface area contributed by atoms with Crippen LogP contribution in [0.15, 0.2) is 18.3 Å². The molecule has 1 amide bonds. The summed E-state index contributed by atoms with van der Waals surface area (Å²) in [5.41, 5.74) is 7.82. The van der Waals surface area contributed by atoms with Crippen LogP contribution in [0.3, 0.4) is 0 Å². The summed E-state index contributed by atoms with van der Waals surface area (Å²) < 4.78 is 6.47. The van der Waals surface area contributed by atoms with Crippen LogP contribution < -0.4 is 10.9 Å². The number of nitrogens with zero attached hydrogens (tertiary/aromatic N) is 1. The number of carbonyl (C=O) groups excluding carboxylic acids is 1. The van der Waals surface area contributed by atoms with Crippen LogP contribution >= 0.6 is 0 Å². The Kier molecular flexibility index (Phi) is 6.99. The van der Waals surface area contributed by atoms with Crippen molar-refractivity contribution in [3.63, 3.8) is 0 Å². The number of pyridine rings is 1. The second kappa shape index (κ2) is 8.63. The molecule has 0 aliphatic heterocycles. The number of amides is 1. The van der Waals surface area contributed by atoms with Crippen LogP contribution in [0.25, 0.3) is 0 Å². The van der Waals surface area contributed by atoms with E-state index < -0.39 is 8.32 Å². The number of hydrogen-bond acceptors (Lipinski definition) is 4. The van der Waals surface area contributed by atoms with Crippen LogP contribution in [-0.2, 0) is 21.4 Å². The molecule has 1 aromatic heterocycles. The van der Waals surface area contributed by atoms with Gasteiger partial charge in [0.15, 0.2) is 8.32 Å². The summed E-state index contributed by atoms with van der Waals surface area (Å²) in [5, 5.41) is 0.173. The minimum absolute atomic E-state index is 0.173. The van der Waals surface area contributed by atoms with Crippen LogP contribution in [0.2, 0.25) is 18.1 Å². The average molecular weight is 378 g/mol. The molecule has 0 saturated heterocycles. The highest BCUT2D eigenvalue weighted by Crippen LogP contribution is 2.39. The molecule has 1 heterocycles. The van der Waals surface area contributed by atoms with E-state index in [0.29, 0.717) is 13.0 Å². The van der Waals surface area contributed by atoms with Gasteiger partial charge in [0.1, 0.15) is 0 Å². The Morgan fingerprint density at radius 2 is 1.88 bits per heavy atom. The molecule has 1 aliphatic rings. The van der Waals surface area contributed by atoms with E-state index in [1.807, 2.05) is 12.3 Å². The first kappa shape index (κ1) is 21.1. The molecule has 2 rings (SSSR count). The number of hydrazine groups is 1. The van der Waals surface area contributed by atoms with Gasteiger partial charge in [-0.2, -0.15) is 0 Å². The number of hydrogen-bond donors (Lipinski definition) is 2. The smallest absolute Gasteiger partial charge is 0.221 e. The summed E-state index contributed by atoms with van der Waals surface area (Å²) in [6, 6.07) is 4.09. The molecule has 0 spiro atoms. The lowest BCUT2D eigenvalue weighted by Gasteiger charge is -2.38. The van der Waals surface area contributed by atoms with E-state index in [1.54, 1.807) is 0 Å². The van der Waals surface area contributed by atoms with Crippen LogP contribution in [0.1, 0.15) is 70.6 Å². The zero-order valence-electron chi connectivity index (χ0n) is 17.0. The van der Waals surface area contributed by atoms with E-state index >= 15 is 0 Å². The van der Waals surface area contributed by atoms with Crippen LogP contribution in [0.4, 0.5) is 0 Å². The fourth-order valence-electron chi connectivity index (χ4n) is 3.38. The fraction of sp³-hybridized carbons (Fsp3) is 0.700. The molecule has 26 heavy (non-hydrogen) atoms. The van der Waals surface area contributed by atoms with E-state index in [9.17, 15) is 4.79 Å². The first-order valence-electron chi connectivity index (χ1n) is 9.76. The van der Waals surface area contributed by atoms with Gasteiger partial charge in [-0.1, -0.05) is 52.5 Å². The predicted octanol–water partition coefficient (Wildman–Crippen LogP) is 4.40. The molecular weight excluding hydrogens is 342 g/mol. The summed E-state index contributed by atoms with van der Waals surface area (Å²) in [5.74, 6) is 0. The standard InChI is InChI=1S/C20H35N3O2Si/c1-19(2,3)26(4,5)25-15-17-11-10-14-21-18(17)20(23-22-16-24)12-8-6-7-9-13-20/h10-11,14,16,23H,6-9,12-13,15H2,1-5H3,(H,22,24). The molecule has 1 fully saturated rings. The van der Waals surface area contributed by atoms with Gasteiger partial charge in [0.2, 0.25) is 6.41 Å². The highest BCUT2D eigenvalue weighted by molar-refractivity contribution is 6.74. The molecule has 146 valence electrons. The van der Waals surface area contributed by atoms with E-state index in [-0.39, 0.29) is 10.6 Å². The SMILES string of the molecule is CC(C)(C)[Si](C)(C)OCc1cccnc1C1(NNC=O)CCCCCC1. The molecule has 5 nitrogen and oxygen atoms in total. The molecule has 1 saturated carbocycles. The third-order valence-corrected chi connectivity index (χ3v) is 10.5. The minimum atomic E-state index is -1.84.